The van der Waals surface area contributed by atoms with E-state index in [1.807, 2.05) is 72.8 Å². The number of carbonyl (C=O) groups excluding carboxylic acids is 3. The topological polar surface area (TPSA) is 147 Å². The Morgan fingerprint density at radius 1 is 1.00 bits per heavy atom. The Kier molecular flexibility index (Phi) is 9.43. The molecule has 1 saturated heterocycles. The van der Waals surface area contributed by atoms with Gasteiger partial charge in [0.15, 0.2) is 0 Å². The van der Waals surface area contributed by atoms with Gasteiger partial charge in [-0.1, -0.05) is 73.5 Å². The molecule has 1 aromatic heterocycles. The highest BCUT2D eigenvalue weighted by Gasteiger charge is 2.62. The summed E-state index contributed by atoms with van der Waals surface area (Å²) in [5.41, 5.74) is -0.366. The summed E-state index contributed by atoms with van der Waals surface area (Å²) in [7, 11) is -3.83. The van der Waals surface area contributed by atoms with Gasteiger partial charge in [0.25, 0.3) is 5.91 Å². The van der Waals surface area contributed by atoms with Crippen molar-refractivity contribution in [2.24, 2.45) is 5.92 Å². The number of nitrogens with one attached hydrogen (secondary N) is 3. The van der Waals surface area contributed by atoms with Crippen LogP contribution in [0.4, 0.5) is 0 Å². The number of pyridine rings is 1. The van der Waals surface area contributed by atoms with E-state index in [0.29, 0.717) is 31.7 Å². The van der Waals surface area contributed by atoms with E-state index in [1.54, 1.807) is 11.1 Å². The molecule has 49 heavy (non-hydrogen) atoms. The Morgan fingerprint density at radius 2 is 1.80 bits per heavy atom. The summed E-state index contributed by atoms with van der Waals surface area (Å²) in [6.07, 6.45) is 10.6. The number of allylic oxidation sites excluding steroid dienone is 1. The molecule has 3 N–H and O–H groups in total. The molecule has 2 aromatic carbocycles. The van der Waals surface area contributed by atoms with Gasteiger partial charge in [-0.05, 0) is 61.6 Å². The largest absolute Gasteiger partial charge is 0.472 e. The molecule has 2 saturated carbocycles. The maximum Gasteiger partial charge on any atom is 0.259 e. The molecule has 0 spiro atoms. The van der Waals surface area contributed by atoms with Gasteiger partial charge in [-0.3, -0.25) is 19.1 Å². The average molecular weight is 686 g/mol. The van der Waals surface area contributed by atoms with E-state index in [2.05, 4.69) is 20.3 Å². The maximum atomic E-state index is 14.5. The number of nitrogens with zero attached hydrogens (tertiary/aromatic N) is 2. The molecule has 258 valence electrons. The molecule has 3 heterocycles. The Bertz CT molecular complexity index is 1840. The number of sulfonamides is 1. The SMILES string of the molecule is O=C1N[C@]2(C(=O)NS(=O)(=O)C3CC3)C[C@H]2C=CCCCCC[C@H](NCc2ccccc2)C(=O)N2C[C@H](Oc3nccc4ccccc34)C[C@@H]12. The summed E-state index contributed by atoms with van der Waals surface area (Å²) in [5, 5.41) is 7.61. The van der Waals surface area contributed by atoms with Gasteiger partial charge in [0.2, 0.25) is 27.7 Å². The first kappa shape index (κ1) is 33.2. The summed E-state index contributed by atoms with van der Waals surface area (Å²) in [4.78, 5) is 48.4. The summed E-state index contributed by atoms with van der Waals surface area (Å²) in [6, 6.07) is 18.0. The highest BCUT2D eigenvalue weighted by atomic mass is 32.2. The fraction of sp³-hybridized carbons (Fsp3) is 0.459. The van der Waals surface area contributed by atoms with E-state index in [9.17, 15) is 22.8 Å². The number of hydrogen-bond donors (Lipinski definition) is 3. The highest BCUT2D eigenvalue weighted by molar-refractivity contribution is 7.91. The zero-order valence-electron chi connectivity index (χ0n) is 27.4. The Balaban J connectivity index is 1.18. The Hall–Kier alpha value is -4.29. The summed E-state index contributed by atoms with van der Waals surface area (Å²) in [6.45, 7) is 0.648. The van der Waals surface area contributed by atoms with Crippen molar-refractivity contribution >= 4 is 38.5 Å². The van der Waals surface area contributed by atoms with Crippen LogP contribution in [-0.4, -0.2) is 71.5 Å². The van der Waals surface area contributed by atoms with Gasteiger partial charge < -0.3 is 20.3 Å². The third-order valence-corrected chi connectivity index (χ3v) is 12.0. The first-order chi connectivity index (χ1) is 23.7. The molecule has 3 fully saturated rings. The number of hydrogen-bond acceptors (Lipinski definition) is 8. The fourth-order valence-electron chi connectivity index (χ4n) is 7.08. The number of amides is 3. The van der Waals surface area contributed by atoms with E-state index < -0.39 is 50.8 Å². The summed E-state index contributed by atoms with van der Waals surface area (Å²) < 4.78 is 34.2. The molecule has 0 radical (unpaired) electrons. The van der Waals surface area contributed by atoms with Crippen LogP contribution < -0.4 is 20.1 Å². The second kappa shape index (κ2) is 13.9. The lowest BCUT2D eigenvalue weighted by Crippen LogP contribution is -2.58. The molecule has 0 unspecified atom stereocenters. The number of fused-ring (bicyclic) bond motifs is 3. The van der Waals surface area contributed by atoms with Gasteiger partial charge in [0.1, 0.15) is 17.7 Å². The van der Waals surface area contributed by atoms with Crippen molar-refractivity contribution in [1.29, 1.82) is 0 Å². The van der Waals surface area contributed by atoms with Crippen LogP contribution in [0.3, 0.4) is 0 Å². The standard InChI is InChI=1S/C37H43N5O6S/c43-33-32-21-28(48-34-30-15-10-9-13-26(30)19-20-38-34)24-42(32)35(44)31(39-23-25-11-5-4-6-12-25)16-8-3-1-2-7-14-27-22-37(27,40-33)36(45)41-49(46,47)29-17-18-29/h4-7,9-15,19-20,27-29,31-32,39H,1-3,8,16-18,21-24H2,(H,40,43)(H,41,45)/t27-,28-,31+,32+,37-/m1/s1. The van der Waals surface area contributed by atoms with Crippen molar-refractivity contribution < 1.29 is 27.5 Å². The molecular weight excluding hydrogens is 643 g/mol. The van der Waals surface area contributed by atoms with E-state index >= 15 is 0 Å². The molecule has 7 rings (SSSR count). The zero-order valence-corrected chi connectivity index (χ0v) is 28.2. The molecule has 12 heteroatoms. The minimum Gasteiger partial charge on any atom is -0.472 e. The van der Waals surface area contributed by atoms with Gasteiger partial charge in [-0.25, -0.2) is 13.4 Å². The predicted molar refractivity (Wildman–Crippen MR) is 185 cm³/mol. The summed E-state index contributed by atoms with van der Waals surface area (Å²) >= 11 is 0. The predicted octanol–water partition coefficient (Wildman–Crippen LogP) is 3.75. The van der Waals surface area contributed by atoms with Crippen molar-refractivity contribution in [3.05, 3.63) is 84.6 Å². The molecular formula is C37H43N5O6S. The third-order valence-electron chi connectivity index (χ3n) is 10.2. The van der Waals surface area contributed by atoms with Gasteiger partial charge in [0, 0.05) is 30.5 Å². The van der Waals surface area contributed by atoms with Crippen LogP contribution in [0.1, 0.15) is 63.4 Å². The van der Waals surface area contributed by atoms with Crippen LogP contribution in [-0.2, 0) is 31.0 Å². The van der Waals surface area contributed by atoms with Crippen molar-refractivity contribution in [1.82, 2.24) is 25.2 Å². The number of benzene rings is 2. The van der Waals surface area contributed by atoms with Crippen molar-refractivity contribution in [3.63, 3.8) is 0 Å². The van der Waals surface area contributed by atoms with Gasteiger partial charge in [-0.2, -0.15) is 0 Å². The van der Waals surface area contributed by atoms with Crippen molar-refractivity contribution in [2.45, 2.75) is 93.3 Å². The minimum absolute atomic E-state index is 0.157. The molecule has 4 aliphatic rings. The number of ether oxygens (including phenoxy) is 1. The lowest BCUT2D eigenvalue weighted by molar-refractivity contribution is -0.141. The first-order valence-electron chi connectivity index (χ1n) is 17.4. The molecule has 0 bridgehead atoms. The van der Waals surface area contributed by atoms with Crippen LogP contribution in [0.2, 0.25) is 0 Å². The normalized spacial score (nSPS) is 27.7. The molecule has 3 amide bonds. The highest BCUT2D eigenvalue weighted by Crippen LogP contribution is 2.46. The molecule has 2 aliphatic carbocycles. The smallest absolute Gasteiger partial charge is 0.259 e. The van der Waals surface area contributed by atoms with E-state index in [4.69, 9.17) is 4.74 Å². The average Bonchev–Trinajstić information content (AvgIpc) is 4.03. The van der Waals surface area contributed by atoms with E-state index in [0.717, 1.165) is 42.0 Å². The summed E-state index contributed by atoms with van der Waals surface area (Å²) in [5.74, 6) is -1.36. The number of aromatic nitrogens is 1. The van der Waals surface area contributed by atoms with Crippen LogP contribution >= 0.6 is 0 Å². The second-order valence-corrected chi connectivity index (χ2v) is 15.7. The maximum absolute atomic E-state index is 14.5. The van der Waals surface area contributed by atoms with Crippen LogP contribution in [0, 0.1) is 5.92 Å². The number of rotatable bonds is 8. The van der Waals surface area contributed by atoms with Gasteiger partial charge in [0.05, 0.1) is 17.8 Å². The molecule has 5 atom stereocenters. The lowest BCUT2D eigenvalue weighted by atomic mass is 10.0. The Morgan fingerprint density at radius 3 is 2.61 bits per heavy atom. The minimum atomic E-state index is -3.83. The van der Waals surface area contributed by atoms with Crippen molar-refractivity contribution in [2.75, 3.05) is 6.54 Å². The third kappa shape index (κ3) is 7.35. The second-order valence-electron chi connectivity index (χ2n) is 13.8. The van der Waals surface area contributed by atoms with Crippen LogP contribution in [0.5, 0.6) is 5.88 Å². The molecule has 11 nitrogen and oxygen atoms in total. The van der Waals surface area contributed by atoms with Crippen LogP contribution in [0.25, 0.3) is 10.8 Å². The van der Waals surface area contributed by atoms with Gasteiger partial charge in [-0.15, -0.1) is 0 Å². The fourth-order valence-corrected chi connectivity index (χ4v) is 8.45. The monoisotopic (exact) mass is 685 g/mol. The van der Waals surface area contributed by atoms with Crippen molar-refractivity contribution in [3.8, 4) is 5.88 Å². The van der Waals surface area contributed by atoms with Crippen LogP contribution in [0.15, 0.2) is 79.0 Å². The zero-order chi connectivity index (χ0) is 34.0. The lowest BCUT2D eigenvalue weighted by Gasteiger charge is -2.30. The van der Waals surface area contributed by atoms with E-state index in [1.165, 1.54) is 0 Å². The first-order valence-corrected chi connectivity index (χ1v) is 18.9. The molecule has 3 aromatic rings. The van der Waals surface area contributed by atoms with Gasteiger partial charge >= 0.3 is 0 Å². The molecule has 2 aliphatic heterocycles. The number of carbonyl (C=O) groups is 3. The quantitative estimate of drug-likeness (QED) is 0.304. The van der Waals surface area contributed by atoms with E-state index in [-0.39, 0.29) is 31.2 Å². The Labute approximate surface area is 286 Å².